The highest BCUT2D eigenvalue weighted by molar-refractivity contribution is 5.95. The Bertz CT molecular complexity index is 685. The van der Waals surface area contributed by atoms with E-state index in [9.17, 15) is 9.59 Å². The van der Waals surface area contributed by atoms with Crippen molar-refractivity contribution in [1.29, 1.82) is 0 Å². The molecule has 1 aliphatic heterocycles. The third-order valence-corrected chi connectivity index (χ3v) is 4.49. The maximum absolute atomic E-state index is 12.5. The Kier molecular flexibility index (Phi) is 8.81. The van der Waals surface area contributed by atoms with Crippen molar-refractivity contribution in [2.24, 2.45) is 0 Å². The Morgan fingerprint density at radius 3 is 2.50 bits per heavy atom. The van der Waals surface area contributed by atoms with Crippen molar-refractivity contribution in [1.82, 2.24) is 10.6 Å². The van der Waals surface area contributed by atoms with Crippen LogP contribution in [-0.4, -0.2) is 38.9 Å². The van der Waals surface area contributed by atoms with Crippen LogP contribution in [0.5, 0.6) is 5.75 Å². The van der Waals surface area contributed by atoms with Gasteiger partial charge in [-0.3, -0.25) is 0 Å². The Hall–Kier alpha value is -2.54. The Balaban J connectivity index is 2.06. The normalized spacial score (nSPS) is 16.4. The number of hydrogen-bond acceptors (Lipinski definition) is 5. The molecule has 1 heterocycles. The van der Waals surface area contributed by atoms with E-state index in [1.807, 2.05) is 24.3 Å². The molecule has 2 amide bonds. The fourth-order valence-electron chi connectivity index (χ4n) is 2.99. The number of hydrogen-bond donors (Lipinski definition) is 2. The third-order valence-electron chi connectivity index (χ3n) is 4.49. The monoisotopic (exact) mass is 390 g/mol. The summed E-state index contributed by atoms with van der Waals surface area (Å²) in [7, 11) is 1.54. The van der Waals surface area contributed by atoms with Crippen molar-refractivity contribution in [2.45, 2.75) is 45.6 Å². The lowest BCUT2D eigenvalue weighted by molar-refractivity contribution is -0.140. The summed E-state index contributed by atoms with van der Waals surface area (Å²) in [5, 5.41) is 5.42. The molecular formula is C21H30N2O5. The number of unbranched alkanes of at least 4 members (excludes halogenated alkanes) is 3. The molecule has 0 unspecified atom stereocenters. The van der Waals surface area contributed by atoms with E-state index in [-0.39, 0.29) is 12.6 Å². The van der Waals surface area contributed by atoms with Crippen LogP contribution in [0.1, 0.15) is 51.1 Å². The van der Waals surface area contributed by atoms with Gasteiger partial charge in [-0.15, -0.1) is 0 Å². The largest absolute Gasteiger partial charge is 0.494 e. The zero-order valence-corrected chi connectivity index (χ0v) is 16.9. The molecule has 0 spiro atoms. The second-order valence-electron chi connectivity index (χ2n) is 6.68. The van der Waals surface area contributed by atoms with E-state index in [1.165, 1.54) is 20.0 Å². The van der Waals surface area contributed by atoms with Gasteiger partial charge in [-0.2, -0.15) is 0 Å². The van der Waals surface area contributed by atoms with Crippen molar-refractivity contribution in [3.05, 3.63) is 41.1 Å². The minimum Gasteiger partial charge on any atom is -0.494 e. The fourth-order valence-corrected chi connectivity index (χ4v) is 2.99. The van der Waals surface area contributed by atoms with Gasteiger partial charge in [0, 0.05) is 12.8 Å². The number of esters is 1. The molecule has 1 aliphatic rings. The van der Waals surface area contributed by atoms with Crippen LogP contribution in [0.2, 0.25) is 0 Å². The fraction of sp³-hybridized carbons (Fsp3) is 0.524. The maximum atomic E-state index is 12.5. The third kappa shape index (κ3) is 6.27. The van der Waals surface area contributed by atoms with Crippen LogP contribution in [0, 0.1) is 0 Å². The number of carbonyl (C=O) groups is 2. The minimum atomic E-state index is -0.581. The summed E-state index contributed by atoms with van der Waals surface area (Å²) in [6, 6.07) is 6.48. The first-order valence-corrected chi connectivity index (χ1v) is 9.74. The highest BCUT2D eigenvalue weighted by Gasteiger charge is 2.32. The number of rotatable bonds is 11. The van der Waals surface area contributed by atoms with E-state index in [2.05, 4.69) is 17.6 Å². The molecular weight excluding hydrogens is 360 g/mol. The zero-order chi connectivity index (χ0) is 20.4. The lowest BCUT2D eigenvalue weighted by atomic mass is 9.95. The van der Waals surface area contributed by atoms with E-state index < -0.39 is 12.0 Å². The molecule has 154 valence electrons. The van der Waals surface area contributed by atoms with E-state index in [1.54, 1.807) is 6.92 Å². The molecule has 1 aromatic rings. The van der Waals surface area contributed by atoms with Gasteiger partial charge in [-0.1, -0.05) is 38.3 Å². The van der Waals surface area contributed by atoms with Crippen LogP contribution in [0.4, 0.5) is 4.79 Å². The minimum absolute atomic E-state index is 0.150. The van der Waals surface area contributed by atoms with E-state index >= 15 is 0 Å². The molecule has 0 bridgehead atoms. The van der Waals surface area contributed by atoms with E-state index in [0.29, 0.717) is 24.5 Å². The molecule has 1 atom stereocenters. The van der Waals surface area contributed by atoms with Gasteiger partial charge in [-0.05, 0) is 31.0 Å². The number of methoxy groups -OCH3 is 1. The predicted octanol–water partition coefficient (Wildman–Crippen LogP) is 3.46. The van der Waals surface area contributed by atoms with Gasteiger partial charge in [0.15, 0.2) is 0 Å². The molecule has 2 N–H and O–H groups in total. The Morgan fingerprint density at radius 1 is 1.07 bits per heavy atom. The average Bonchev–Trinajstić information content (AvgIpc) is 2.68. The lowest BCUT2D eigenvalue weighted by Crippen LogP contribution is -2.45. The molecule has 0 radical (unpaired) electrons. The number of nitrogens with one attached hydrogen (secondary N) is 2. The van der Waals surface area contributed by atoms with Crippen molar-refractivity contribution in [2.75, 3.05) is 26.9 Å². The van der Waals surface area contributed by atoms with Crippen LogP contribution >= 0.6 is 0 Å². The second-order valence-corrected chi connectivity index (χ2v) is 6.68. The molecule has 1 aromatic carbocycles. The summed E-state index contributed by atoms with van der Waals surface area (Å²) in [5.74, 6) is 0.286. The Labute approximate surface area is 166 Å². The number of allylic oxidation sites excluding steroid dienone is 1. The number of ether oxygens (including phenoxy) is 3. The topological polar surface area (TPSA) is 85.9 Å². The summed E-state index contributed by atoms with van der Waals surface area (Å²) in [4.78, 5) is 24.4. The molecule has 0 saturated heterocycles. The predicted molar refractivity (Wildman–Crippen MR) is 106 cm³/mol. The first-order valence-electron chi connectivity index (χ1n) is 9.74. The molecule has 0 saturated carbocycles. The lowest BCUT2D eigenvalue weighted by Gasteiger charge is -2.28. The van der Waals surface area contributed by atoms with Gasteiger partial charge >= 0.3 is 12.0 Å². The quantitative estimate of drug-likeness (QED) is 0.446. The van der Waals surface area contributed by atoms with Crippen LogP contribution in [-0.2, 0) is 14.3 Å². The van der Waals surface area contributed by atoms with Crippen molar-refractivity contribution in [3.8, 4) is 5.75 Å². The first-order chi connectivity index (χ1) is 13.6. The van der Waals surface area contributed by atoms with Crippen LogP contribution in [0.3, 0.4) is 0 Å². The molecule has 2 rings (SSSR count). The molecule has 0 fully saturated rings. The number of urea groups is 1. The van der Waals surface area contributed by atoms with Gasteiger partial charge < -0.3 is 24.8 Å². The summed E-state index contributed by atoms with van der Waals surface area (Å²) in [6.07, 6.45) is 4.60. The van der Waals surface area contributed by atoms with E-state index in [4.69, 9.17) is 14.2 Å². The zero-order valence-electron chi connectivity index (χ0n) is 16.9. The molecule has 0 aromatic heterocycles. The average molecular weight is 390 g/mol. The first kappa shape index (κ1) is 21.8. The molecule has 7 nitrogen and oxygen atoms in total. The SMILES string of the molecule is CCCCCCOc1ccc([C@H]2NC(=O)NC(C)=C2C(=O)OCCOC)cc1. The summed E-state index contributed by atoms with van der Waals surface area (Å²) < 4.78 is 15.9. The van der Waals surface area contributed by atoms with Gasteiger partial charge in [0.05, 0.1) is 24.8 Å². The standard InChI is InChI=1S/C21H30N2O5/c1-4-5-6-7-12-27-17-10-8-16(9-11-17)19-18(15(2)22-21(25)23-19)20(24)28-14-13-26-3/h8-11,19H,4-7,12-14H2,1-3H3,(H2,22,23,25)/t19-/m1/s1. The number of benzene rings is 1. The number of carbonyl (C=O) groups excluding carboxylic acids is 2. The van der Waals surface area contributed by atoms with Gasteiger partial charge in [0.1, 0.15) is 12.4 Å². The molecule has 28 heavy (non-hydrogen) atoms. The van der Waals surface area contributed by atoms with Gasteiger partial charge in [-0.25, -0.2) is 9.59 Å². The molecule has 0 aliphatic carbocycles. The van der Waals surface area contributed by atoms with Gasteiger partial charge in [0.25, 0.3) is 0 Å². The van der Waals surface area contributed by atoms with Crippen molar-refractivity contribution < 1.29 is 23.8 Å². The smallest absolute Gasteiger partial charge is 0.338 e. The summed E-state index contributed by atoms with van der Waals surface area (Å²) in [5.41, 5.74) is 1.64. The van der Waals surface area contributed by atoms with Crippen molar-refractivity contribution in [3.63, 3.8) is 0 Å². The van der Waals surface area contributed by atoms with Crippen LogP contribution in [0.15, 0.2) is 35.5 Å². The Morgan fingerprint density at radius 2 is 1.82 bits per heavy atom. The summed E-state index contributed by atoms with van der Waals surface area (Å²) >= 11 is 0. The van der Waals surface area contributed by atoms with E-state index in [0.717, 1.165) is 24.2 Å². The molecule has 7 heteroatoms. The van der Waals surface area contributed by atoms with Crippen molar-refractivity contribution >= 4 is 12.0 Å². The van der Waals surface area contributed by atoms with Gasteiger partial charge in [0.2, 0.25) is 0 Å². The summed E-state index contributed by atoms with van der Waals surface area (Å²) in [6.45, 7) is 5.01. The van der Waals surface area contributed by atoms with Crippen LogP contribution in [0.25, 0.3) is 0 Å². The second kappa shape index (κ2) is 11.3. The highest BCUT2D eigenvalue weighted by Crippen LogP contribution is 2.28. The highest BCUT2D eigenvalue weighted by atomic mass is 16.6. The van der Waals surface area contributed by atoms with Crippen LogP contribution < -0.4 is 15.4 Å². The number of amides is 2. The maximum Gasteiger partial charge on any atom is 0.338 e.